The molecule has 1 aliphatic heterocycles. The Morgan fingerprint density at radius 1 is 1.21 bits per heavy atom. The molecule has 0 unspecified atom stereocenters. The number of hydrogen-bond acceptors (Lipinski definition) is 3. The van der Waals surface area contributed by atoms with Crippen LogP contribution in [0, 0.1) is 0 Å². The zero-order valence-electron chi connectivity index (χ0n) is 7.49. The molecule has 4 nitrogen and oxygen atoms in total. The largest absolute Gasteiger partial charge is 0.325 e. The van der Waals surface area contributed by atoms with Crippen molar-refractivity contribution in [2.24, 2.45) is 0 Å². The minimum absolute atomic E-state index is 0.0970. The zero-order chi connectivity index (χ0) is 9.71. The number of allylic oxidation sites excluding steroid dienone is 2. The van der Waals surface area contributed by atoms with Gasteiger partial charge >= 0.3 is 0 Å². The van der Waals surface area contributed by atoms with Crippen LogP contribution in [0.5, 0.6) is 0 Å². The van der Waals surface area contributed by atoms with Gasteiger partial charge in [0.2, 0.25) is 11.6 Å². The van der Waals surface area contributed by atoms with E-state index in [1.807, 2.05) is 4.57 Å². The van der Waals surface area contributed by atoms with Crippen molar-refractivity contribution in [3.8, 4) is 0 Å². The number of rotatable bonds is 0. The van der Waals surface area contributed by atoms with Crippen molar-refractivity contribution >= 4 is 11.6 Å². The van der Waals surface area contributed by atoms with Gasteiger partial charge in [0.15, 0.2) is 0 Å². The molecule has 0 amide bonds. The lowest BCUT2D eigenvalue weighted by Crippen LogP contribution is -2.14. The first kappa shape index (κ1) is 7.67. The molecule has 0 N–H and O–H groups in total. The summed E-state index contributed by atoms with van der Waals surface area (Å²) in [7, 11) is 0. The summed E-state index contributed by atoms with van der Waals surface area (Å²) in [6.45, 7) is 0.810. The van der Waals surface area contributed by atoms with Crippen molar-refractivity contribution in [3.63, 3.8) is 0 Å². The molecule has 0 fully saturated rings. The Morgan fingerprint density at radius 2 is 2.00 bits per heavy atom. The van der Waals surface area contributed by atoms with Crippen molar-refractivity contribution in [1.29, 1.82) is 0 Å². The normalized spacial score (nSPS) is 18.6. The Hall–Kier alpha value is -1.71. The fourth-order valence-electron chi connectivity index (χ4n) is 2.06. The van der Waals surface area contributed by atoms with E-state index < -0.39 is 0 Å². The second-order valence-electron chi connectivity index (χ2n) is 3.54. The first-order valence-corrected chi connectivity index (χ1v) is 4.63. The standard InChI is InChI=1S/C10H8N2O2/c13-6-3-4-7(14)10-9(6)11-8-2-1-5-12(8)10/h3-4H,1-2,5H2. The molecule has 1 aromatic heterocycles. The average Bonchev–Trinajstić information content (AvgIpc) is 2.70. The summed E-state index contributed by atoms with van der Waals surface area (Å²) in [6.07, 6.45) is 4.51. The molecule has 1 aromatic rings. The Labute approximate surface area is 80.2 Å². The predicted molar refractivity (Wildman–Crippen MR) is 48.3 cm³/mol. The van der Waals surface area contributed by atoms with Crippen LogP contribution in [0.25, 0.3) is 0 Å². The molecule has 70 valence electrons. The molecule has 0 saturated carbocycles. The van der Waals surface area contributed by atoms with Crippen molar-refractivity contribution in [2.45, 2.75) is 19.4 Å². The van der Waals surface area contributed by atoms with Gasteiger partial charge in [0.25, 0.3) is 0 Å². The third-order valence-electron chi connectivity index (χ3n) is 2.68. The maximum Gasteiger partial charge on any atom is 0.206 e. The number of hydrogen-bond donors (Lipinski definition) is 0. The van der Waals surface area contributed by atoms with Crippen LogP contribution in [0.4, 0.5) is 0 Å². The van der Waals surface area contributed by atoms with Gasteiger partial charge in [-0.05, 0) is 18.6 Å². The van der Waals surface area contributed by atoms with Crippen molar-refractivity contribution in [3.05, 3.63) is 29.4 Å². The molecule has 1 aliphatic carbocycles. The highest BCUT2D eigenvalue weighted by atomic mass is 16.1. The molecule has 0 atom stereocenters. The minimum atomic E-state index is -0.151. The lowest BCUT2D eigenvalue weighted by molar-refractivity contribution is 0.0986. The number of aryl methyl sites for hydroxylation is 1. The number of ketones is 2. The lowest BCUT2D eigenvalue weighted by atomic mass is 10.1. The van der Waals surface area contributed by atoms with Crippen LogP contribution in [0.3, 0.4) is 0 Å². The van der Waals surface area contributed by atoms with Crippen LogP contribution >= 0.6 is 0 Å². The second-order valence-corrected chi connectivity index (χ2v) is 3.54. The van der Waals surface area contributed by atoms with Crippen LogP contribution in [0.2, 0.25) is 0 Å². The third kappa shape index (κ3) is 0.801. The highest BCUT2D eigenvalue weighted by molar-refractivity contribution is 6.20. The van der Waals surface area contributed by atoms with Crippen LogP contribution in [0.1, 0.15) is 33.2 Å². The number of carbonyl (C=O) groups excluding carboxylic acids is 2. The van der Waals surface area contributed by atoms with Crippen LogP contribution in [0.15, 0.2) is 12.2 Å². The van der Waals surface area contributed by atoms with Crippen LogP contribution in [-0.4, -0.2) is 21.1 Å². The topological polar surface area (TPSA) is 52.0 Å². The molecular formula is C10H8N2O2. The van der Waals surface area contributed by atoms with E-state index in [2.05, 4.69) is 4.98 Å². The van der Waals surface area contributed by atoms with E-state index in [-0.39, 0.29) is 11.6 Å². The summed E-state index contributed by atoms with van der Waals surface area (Å²) in [5.74, 6) is 0.627. The molecule has 2 aliphatic rings. The van der Waals surface area contributed by atoms with E-state index >= 15 is 0 Å². The van der Waals surface area contributed by atoms with E-state index in [0.29, 0.717) is 11.4 Å². The first-order valence-electron chi connectivity index (χ1n) is 4.63. The van der Waals surface area contributed by atoms with E-state index in [9.17, 15) is 9.59 Å². The fourth-order valence-corrected chi connectivity index (χ4v) is 2.06. The average molecular weight is 188 g/mol. The highest BCUT2D eigenvalue weighted by Crippen LogP contribution is 2.23. The number of nitrogens with zero attached hydrogens (tertiary/aromatic N) is 2. The van der Waals surface area contributed by atoms with Gasteiger partial charge in [0.05, 0.1) is 0 Å². The monoisotopic (exact) mass is 188 g/mol. The Balaban J connectivity index is 2.30. The maximum atomic E-state index is 11.6. The quantitative estimate of drug-likeness (QED) is 0.604. The number of aromatic nitrogens is 2. The molecule has 0 radical (unpaired) electrons. The minimum Gasteiger partial charge on any atom is -0.325 e. The Kier molecular flexibility index (Phi) is 1.32. The second kappa shape index (κ2) is 2.41. The molecule has 0 saturated heterocycles. The molecule has 14 heavy (non-hydrogen) atoms. The van der Waals surface area contributed by atoms with E-state index in [1.165, 1.54) is 12.2 Å². The van der Waals surface area contributed by atoms with Gasteiger partial charge in [0, 0.05) is 13.0 Å². The first-order chi connectivity index (χ1) is 6.77. The third-order valence-corrected chi connectivity index (χ3v) is 2.68. The molecule has 4 heteroatoms. The van der Waals surface area contributed by atoms with Gasteiger partial charge in [-0.1, -0.05) is 0 Å². The lowest BCUT2D eigenvalue weighted by Gasteiger charge is -2.05. The summed E-state index contributed by atoms with van der Waals surface area (Å²) in [5, 5.41) is 0. The number of carbonyl (C=O) groups is 2. The van der Waals surface area contributed by atoms with Crippen molar-refractivity contribution in [1.82, 2.24) is 9.55 Å². The van der Waals surface area contributed by atoms with Crippen LogP contribution < -0.4 is 0 Å². The molecule has 0 spiro atoms. The van der Waals surface area contributed by atoms with Gasteiger partial charge in [-0.2, -0.15) is 0 Å². The summed E-state index contributed by atoms with van der Waals surface area (Å²) in [5.41, 5.74) is 0.831. The molecular weight excluding hydrogens is 180 g/mol. The summed E-state index contributed by atoms with van der Waals surface area (Å²) in [4.78, 5) is 27.2. The number of imidazole rings is 1. The maximum absolute atomic E-state index is 11.6. The van der Waals surface area contributed by atoms with E-state index in [0.717, 1.165) is 25.2 Å². The molecule has 0 bridgehead atoms. The van der Waals surface area contributed by atoms with E-state index in [4.69, 9.17) is 0 Å². The number of fused-ring (bicyclic) bond motifs is 3. The van der Waals surface area contributed by atoms with Crippen molar-refractivity contribution in [2.75, 3.05) is 0 Å². The van der Waals surface area contributed by atoms with Crippen LogP contribution in [-0.2, 0) is 13.0 Å². The van der Waals surface area contributed by atoms with Gasteiger partial charge in [-0.3, -0.25) is 9.59 Å². The smallest absolute Gasteiger partial charge is 0.206 e. The van der Waals surface area contributed by atoms with Gasteiger partial charge < -0.3 is 4.57 Å². The molecule has 0 aromatic carbocycles. The Morgan fingerprint density at radius 3 is 2.86 bits per heavy atom. The SMILES string of the molecule is O=C1C=CC(=O)c2c1nc1n2CCC1. The van der Waals surface area contributed by atoms with E-state index in [1.54, 1.807) is 0 Å². The van der Waals surface area contributed by atoms with Crippen molar-refractivity contribution < 1.29 is 9.59 Å². The predicted octanol–water partition coefficient (Wildman–Crippen LogP) is 0.764. The highest BCUT2D eigenvalue weighted by Gasteiger charge is 2.29. The summed E-state index contributed by atoms with van der Waals surface area (Å²) in [6, 6.07) is 0. The summed E-state index contributed by atoms with van der Waals surface area (Å²) >= 11 is 0. The Bertz CT molecular complexity index is 483. The van der Waals surface area contributed by atoms with Gasteiger partial charge in [0.1, 0.15) is 17.2 Å². The molecule has 3 rings (SSSR count). The van der Waals surface area contributed by atoms with Gasteiger partial charge in [-0.15, -0.1) is 0 Å². The zero-order valence-corrected chi connectivity index (χ0v) is 7.49. The fraction of sp³-hybridized carbons (Fsp3) is 0.300. The molecule has 2 heterocycles. The van der Waals surface area contributed by atoms with Gasteiger partial charge in [-0.25, -0.2) is 4.98 Å². The summed E-state index contributed by atoms with van der Waals surface area (Å²) < 4.78 is 1.87.